The summed E-state index contributed by atoms with van der Waals surface area (Å²) in [6, 6.07) is 5.22. The van der Waals surface area contributed by atoms with Gasteiger partial charge >= 0.3 is 6.18 Å². The number of benzene rings is 1. The molecule has 0 amide bonds. The van der Waals surface area contributed by atoms with Gasteiger partial charge in [-0.2, -0.15) is 13.2 Å². The Hall–Kier alpha value is -1.61. The number of ketones is 1. The normalized spacial score (nSPS) is 18.6. The number of hydrogen-bond donors (Lipinski definition) is 1. The Morgan fingerprint density at radius 2 is 2.00 bits per heavy atom. The van der Waals surface area contributed by atoms with Crippen molar-refractivity contribution >= 4 is 39.7 Å². The molecule has 0 saturated heterocycles. The van der Waals surface area contributed by atoms with Crippen molar-refractivity contribution in [2.45, 2.75) is 41.4 Å². The maximum atomic E-state index is 13.0. The highest BCUT2D eigenvalue weighted by molar-refractivity contribution is 8.02. The molecule has 1 fully saturated rings. The minimum atomic E-state index is -4.44. The number of rotatable bonds is 4. The monoisotopic (exact) mass is 373 g/mol. The average Bonchev–Trinajstić information content (AvgIpc) is 2.96. The number of carbonyl (C=O) groups excluding carboxylic acids is 1. The van der Waals surface area contributed by atoms with Gasteiger partial charge in [-0.3, -0.25) is 4.79 Å². The van der Waals surface area contributed by atoms with E-state index in [4.69, 9.17) is 0 Å². The minimum Gasteiger partial charge on any atom is -0.330 e. The third-order valence-corrected chi connectivity index (χ3v) is 5.86. The van der Waals surface area contributed by atoms with Crippen molar-refractivity contribution in [2.75, 3.05) is 5.32 Å². The number of hydrogen-bond acceptors (Lipinski definition) is 6. The highest BCUT2D eigenvalue weighted by atomic mass is 32.2. The summed E-state index contributed by atoms with van der Waals surface area (Å²) in [5, 5.41) is 10.7. The fourth-order valence-corrected chi connectivity index (χ4v) is 4.59. The molecule has 0 radical (unpaired) electrons. The lowest BCUT2D eigenvalue weighted by Gasteiger charge is -2.18. The summed E-state index contributed by atoms with van der Waals surface area (Å²) in [5.41, 5.74) is -0.816. The Kier molecular flexibility index (Phi) is 5.09. The van der Waals surface area contributed by atoms with Gasteiger partial charge in [0.1, 0.15) is 5.78 Å². The van der Waals surface area contributed by atoms with E-state index in [1.165, 1.54) is 30.0 Å². The van der Waals surface area contributed by atoms with Crippen molar-refractivity contribution < 1.29 is 18.0 Å². The summed E-state index contributed by atoms with van der Waals surface area (Å²) in [5.74, 6) is 0.207. The molecule has 0 bridgehead atoms. The fraction of sp³-hybridized carbons (Fsp3) is 0.400. The number of nitrogens with one attached hydrogen (secondary N) is 1. The van der Waals surface area contributed by atoms with Gasteiger partial charge < -0.3 is 5.32 Å². The van der Waals surface area contributed by atoms with E-state index in [2.05, 4.69) is 15.5 Å². The molecule has 9 heteroatoms. The number of Topliss-reactive ketones (excluding diaryl/α,β-unsaturated/α-hetero) is 1. The second-order valence-corrected chi connectivity index (χ2v) is 7.79. The van der Waals surface area contributed by atoms with Gasteiger partial charge in [0.05, 0.1) is 16.5 Å². The molecule has 0 unspecified atom stereocenters. The van der Waals surface area contributed by atoms with Gasteiger partial charge in [-0.15, -0.1) is 10.2 Å². The van der Waals surface area contributed by atoms with Crippen LogP contribution in [-0.4, -0.2) is 21.2 Å². The molecule has 1 aromatic heterocycles. The maximum Gasteiger partial charge on any atom is 0.418 e. The third kappa shape index (κ3) is 4.07. The molecule has 1 N–H and O–H groups in total. The van der Waals surface area contributed by atoms with Crippen molar-refractivity contribution in [1.29, 1.82) is 0 Å². The highest BCUT2D eigenvalue weighted by Gasteiger charge is 2.33. The predicted octanol–water partition coefficient (Wildman–Crippen LogP) is 4.90. The lowest BCUT2D eigenvalue weighted by molar-refractivity contribution is -0.137. The molecule has 1 atom stereocenters. The first-order chi connectivity index (χ1) is 11.4. The number of para-hydroxylation sites is 1. The van der Waals surface area contributed by atoms with Gasteiger partial charge in [-0.05, 0) is 25.0 Å². The molecule has 3 rings (SSSR count). The fourth-order valence-electron chi connectivity index (χ4n) is 2.46. The van der Waals surface area contributed by atoms with E-state index in [-0.39, 0.29) is 21.9 Å². The quantitative estimate of drug-likeness (QED) is 0.826. The first kappa shape index (κ1) is 17.2. The minimum absolute atomic E-state index is 0.0635. The molecule has 1 saturated carbocycles. The summed E-state index contributed by atoms with van der Waals surface area (Å²) in [6.07, 6.45) is -1.12. The van der Waals surface area contributed by atoms with Gasteiger partial charge in [0.15, 0.2) is 4.34 Å². The third-order valence-electron chi connectivity index (χ3n) is 3.62. The molecule has 1 aliphatic rings. The molecular formula is C15H14F3N3OS2. The Bertz CT molecular complexity index is 733. The topological polar surface area (TPSA) is 54.9 Å². The number of thioether (sulfide) groups is 1. The SMILES string of the molecule is O=C1CCCC[C@@H]1Sc1nnc(Nc2ccccc2C(F)(F)F)s1. The van der Waals surface area contributed by atoms with Gasteiger partial charge in [0.25, 0.3) is 0 Å². The lowest BCUT2D eigenvalue weighted by atomic mass is 9.99. The molecule has 0 aliphatic heterocycles. The molecule has 0 spiro atoms. The van der Waals surface area contributed by atoms with Gasteiger partial charge in [-0.25, -0.2) is 0 Å². The van der Waals surface area contributed by atoms with Gasteiger partial charge in [-0.1, -0.05) is 41.7 Å². The first-order valence-corrected chi connectivity index (χ1v) is 9.09. The van der Waals surface area contributed by atoms with Crippen LogP contribution >= 0.6 is 23.1 Å². The highest BCUT2D eigenvalue weighted by Crippen LogP contribution is 2.38. The zero-order valence-corrected chi connectivity index (χ0v) is 14.1. The van der Waals surface area contributed by atoms with E-state index in [1.54, 1.807) is 0 Å². The van der Waals surface area contributed by atoms with Crippen LogP contribution in [0.25, 0.3) is 0 Å². The van der Waals surface area contributed by atoms with Crippen molar-refractivity contribution in [3.8, 4) is 0 Å². The van der Waals surface area contributed by atoms with Gasteiger partial charge in [0.2, 0.25) is 5.13 Å². The van der Waals surface area contributed by atoms with E-state index in [1.807, 2.05) is 0 Å². The zero-order valence-electron chi connectivity index (χ0n) is 12.5. The molecule has 2 aromatic rings. The number of halogens is 3. The average molecular weight is 373 g/mol. The summed E-state index contributed by atoms with van der Waals surface area (Å²) in [4.78, 5) is 11.8. The second kappa shape index (κ2) is 7.10. The largest absolute Gasteiger partial charge is 0.418 e. The molecule has 128 valence electrons. The number of nitrogens with zero attached hydrogens (tertiary/aromatic N) is 2. The number of aromatic nitrogens is 2. The Labute approximate surface area is 144 Å². The summed E-state index contributed by atoms with van der Waals surface area (Å²) >= 11 is 2.50. The summed E-state index contributed by atoms with van der Waals surface area (Å²) in [7, 11) is 0. The first-order valence-electron chi connectivity index (χ1n) is 7.39. The zero-order chi connectivity index (χ0) is 17.2. The van der Waals surface area contributed by atoms with Crippen LogP contribution in [0.4, 0.5) is 24.0 Å². The molecule has 4 nitrogen and oxygen atoms in total. The number of alkyl halides is 3. The van der Waals surface area contributed by atoms with E-state index in [0.29, 0.717) is 10.8 Å². The standard InChI is InChI=1S/C15H14F3N3OS2/c16-15(17,18)9-5-1-2-6-10(9)19-13-20-21-14(24-13)23-12-8-4-3-7-11(12)22/h1-2,5-6,12H,3-4,7-8H2,(H,19,20)/t12-/m0/s1. The summed E-state index contributed by atoms with van der Waals surface area (Å²) < 4.78 is 39.6. The Morgan fingerprint density at radius 1 is 1.21 bits per heavy atom. The van der Waals surface area contributed by atoms with Crippen LogP contribution in [0, 0.1) is 0 Å². The molecule has 24 heavy (non-hydrogen) atoms. The van der Waals surface area contributed by atoms with Crippen LogP contribution in [0.3, 0.4) is 0 Å². The Balaban J connectivity index is 1.72. The van der Waals surface area contributed by atoms with E-state index >= 15 is 0 Å². The molecule has 1 heterocycles. The number of carbonyl (C=O) groups is 1. The van der Waals surface area contributed by atoms with Crippen molar-refractivity contribution in [2.24, 2.45) is 0 Å². The number of anilines is 2. The van der Waals surface area contributed by atoms with Gasteiger partial charge in [0, 0.05) is 6.42 Å². The van der Waals surface area contributed by atoms with Crippen LogP contribution in [0.5, 0.6) is 0 Å². The molecule has 1 aromatic carbocycles. The summed E-state index contributed by atoms with van der Waals surface area (Å²) in [6.45, 7) is 0. The smallest absolute Gasteiger partial charge is 0.330 e. The van der Waals surface area contributed by atoms with Crippen molar-refractivity contribution in [1.82, 2.24) is 10.2 Å². The lowest BCUT2D eigenvalue weighted by Crippen LogP contribution is -2.21. The van der Waals surface area contributed by atoms with Crippen LogP contribution in [0.2, 0.25) is 0 Å². The van der Waals surface area contributed by atoms with Crippen LogP contribution < -0.4 is 5.32 Å². The molecular weight excluding hydrogens is 359 g/mol. The maximum absolute atomic E-state index is 13.0. The molecule has 1 aliphatic carbocycles. The van der Waals surface area contributed by atoms with E-state index < -0.39 is 11.7 Å². The second-order valence-electron chi connectivity index (χ2n) is 5.36. The van der Waals surface area contributed by atoms with Crippen molar-refractivity contribution in [3.05, 3.63) is 29.8 Å². The van der Waals surface area contributed by atoms with E-state index in [9.17, 15) is 18.0 Å². The predicted molar refractivity (Wildman–Crippen MR) is 87.8 cm³/mol. The van der Waals surface area contributed by atoms with Crippen LogP contribution in [0.1, 0.15) is 31.2 Å². The van der Waals surface area contributed by atoms with E-state index in [0.717, 1.165) is 36.7 Å². The Morgan fingerprint density at radius 3 is 2.75 bits per heavy atom. The van der Waals surface area contributed by atoms with Crippen molar-refractivity contribution in [3.63, 3.8) is 0 Å². The van der Waals surface area contributed by atoms with Crippen LogP contribution in [0.15, 0.2) is 28.6 Å². The van der Waals surface area contributed by atoms with Crippen LogP contribution in [-0.2, 0) is 11.0 Å².